The largest absolute Gasteiger partial charge is 0.368 e. The lowest BCUT2D eigenvalue weighted by atomic mass is 10.1. The number of anilines is 4. The number of nitrogens with one attached hydrogen (secondary N) is 1. The molecule has 0 atom stereocenters. The number of halogens is 1. The SMILES string of the molecule is Cc1cc(Nc2ccc(F)cc2)nc(N2CCN(c3cccc(C)c3C)CC2)n1. The summed E-state index contributed by atoms with van der Waals surface area (Å²) in [7, 11) is 0. The van der Waals surface area contributed by atoms with Crippen molar-refractivity contribution in [3.63, 3.8) is 0 Å². The molecule has 1 aliphatic heterocycles. The van der Waals surface area contributed by atoms with Gasteiger partial charge in [0.25, 0.3) is 0 Å². The highest BCUT2D eigenvalue weighted by Gasteiger charge is 2.21. The maximum Gasteiger partial charge on any atom is 0.227 e. The molecule has 5 nitrogen and oxygen atoms in total. The Morgan fingerprint density at radius 3 is 2.28 bits per heavy atom. The van der Waals surface area contributed by atoms with Crippen LogP contribution in [0.4, 0.5) is 27.5 Å². The number of piperazine rings is 1. The molecule has 2 heterocycles. The predicted molar refractivity (Wildman–Crippen MR) is 117 cm³/mol. The fraction of sp³-hybridized carbons (Fsp3) is 0.304. The smallest absolute Gasteiger partial charge is 0.227 e. The van der Waals surface area contributed by atoms with E-state index < -0.39 is 0 Å². The van der Waals surface area contributed by atoms with Crippen molar-refractivity contribution in [3.05, 3.63) is 71.2 Å². The lowest BCUT2D eigenvalue weighted by Crippen LogP contribution is -2.47. The van der Waals surface area contributed by atoms with Crippen LogP contribution in [-0.2, 0) is 0 Å². The summed E-state index contributed by atoms with van der Waals surface area (Å²) in [5.74, 6) is 1.20. The summed E-state index contributed by atoms with van der Waals surface area (Å²) in [4.78, 5) is 14.0. The van der Waals surface area contributed by atoms with Crippen LogP contribution >= 0.6 is 0 Å². The molecular formula is C23H26FN5. The van der Waals surface area contributed by atoms with Gasteiger partial charge in [-0.1, -0.05) is 12.1 Å². The number of aryl methyl sites for hydroxylation is 2. The second-order valence-corrected chi connectivity index (χ2v) is 7.52. The van der Waals surface area contributed by atoms with Gasteiger partial charge >= 0.3 is 0 Å². The Kier molecular flexibility index (Phi) is 5.34. The van der Waals surface area contributed by atoms with Gasteiger partial charge in [0.2, 0.25) is 5.95 Å². The first-order valence-electron chi connectivity index (χ1n) is 9.94. The maximum absolute atomic E-state index is 13.1. The maximum atomic E-state index is 13.1. The van der Waals surface area contributed by atoms with Crippen molar-refractivity contribution < 1.29 is 4.39 Å². The Labute approximate surface area is 171 Å². The van der Waals surface area contributed by atoms with E-state index >= 15 is 0 Å². The highest BCUT2D eigenvalue weighted by Crippen LogP contribution is 2.25. The van der Waals surface area contributed by atoms with Gasteiger partial charge in [0.05, 0.1) is 0 Å². The van der Waals surface area contributed by atoms with E-state index in [4.69, 9.17) is 4.98 Å². The Morgan fingerprint density at radius 1 is 0.862 bits per heavy atom. The fourth-order valence-corrected chi connectivity index (χ4v) is 3.66. The van der Waals surface area contributed by atoms with Crippen LogP contribution in [0.15, 0.2) is 48.5 Å². The van der Waals surface area contributed by atoms with Crippen molar-refractivity contribution in [2.24, 2.45) is 0 Å². The Hall–Kier alpha value is -3.15. The average Bonchev–Trinajstić information content (AvgIpc) is 2.72. The average molecular weight is 391 g/mol. The van der Waals surface area contributed by atoms with E-state index in [1.54, 1.807) is 12.1 Å². The minimum absolute atomic E-state index is 0.253. The summed E-state index contributed by atoms with van der Waals surface area (Å²) in [6.45, 7) is 9.91. The summed E-state index contributed by atoms with van der Waals surface area (Å²) < 4.78 is 13.1. The molecule has 29 heavy (non-hydrogen) atoms. The van der Waals surface area contributed by atoms with Gasteiger partial charge in [0, 0.05) is 49.3 Å². The number of hydrogen-bond acceptors (Lipinski definition) is 5. The molecule has 1 aliphatic rings. The standard InChI is InChI=1S/C23H26FN5/c1-16-5-4-6-21(18(16)3)28-11-13-29(14-12-28)23-25-17(2)15-22(27-23)26-20-9-7-19(24)8-10-20/h4-10,15H,11-14H2,1-3H3,(H,25,26,27). The highest BCUT2D eigenvalue weighted by atomic mass is 19.1. The predicted octanol–water partition coefficient (Wildman–Crippen LogP) is 4.61. The summed E-state index contributed by atoms with van der Waals surface area (Å²) in [5, 5.41) is 3.24. The Morgan fingerprint density at radius 2 is 1.55 bits per heavy atom. The molecule has 0 aliphatic carbocycles. The van der Waals surface area contributed by atoms with Crippen LogP contribution in [0.1, 0.15) is 16.8 Å². The van der Waals surface area contributed by atoms with Crippen molar-refractivity contribution in [1.29, 1.82) is 0 Å². The third-order valence-electron chi connectivity index (χ3n) is 5.44. The van der Waals surface area contributed by atoms with Crippen LogP contribution in [0.25, 0.3) is 0 Å². The van der Waals surface area contributed by atoms with Crippen molar-refractivity contribution in [2.45, 2.75) is 20.8 Å². The minimum atomic E-state index is -0.253. The molecule has 0 radical (unpaired) electrons. The van der Waals surface area contributed by atoms with Gasteiger partial charge in [-0.15, -0.1) is 0 Å². The summed E-state index contributed by atoms with van der Waals surface area (Å²) in [6, 6.07) is 14.7. The molecule has 1 N–H and O–H groups in total. The second kappa shape index (κ2) is 8.07. The van der Waals surface area contributed by atoms with Crippen LogP contribution in [0.5, 0.6) is 0 Å². The molecule has 150 valence electrons. The molecule has 4 rings (SSSR count). The molecular weight excluding hydrogens is 365 g/mol. The normalized spacial score (nSPS) is 14.2. The summed E-state index contributed by atoms with van der Waals surface area (Å²) in [5.41, 5.74) is 5.68. The third-order valence-corrected chi connectivity index (χ3v) is 5.44. The number of rotatable bonds is 4. The van der Waals surface area contributed by atoms with Gasteiger partial charge in [-0.05, 0) is 62.2 Å². The van der Waals surface area contributed by atoms with Crippen LogP contribution in [0.3, 0.4) is 0 Å². The van der Waals surface area contributed by atoms with E-state index in [1.807, 2.05) is 13.0 Å². The van der Waals surface area contributed by atoms with Gasteiger partial charge in [-0.3, -0.25) is 0 Å². The van der Waals surface area contributed by atoms with Crippen molar-refractivity contribution in [3.8, 4) is 0 Å². The minimum Gasteiger partial charge on any atom is -0.368 e. The zero-order valence-electron chi connectivity index (χ0n) is 17.1. The Balaban J connectivity index is 1.47. The number of aromatic nitrogens is 2. The monoisotopic (exact) mass is 391 g/mol. The number of hydrogen-bond donors (Lipinski definition) is 1. The van der Waals surface area contributed by atoms with Gasteiger partial charge in [0.1, 0.15) is 11.6 Å². The van der Waals surface area contributed by atoms with E-state index in [1.165, 1.54) is 28.9 Å². The molecule has 3 aromatic rings. The first-order chi connectivity index (χ1) is 14.0. The first kappa shape index (κ1) is 19.2. The van der Waals surface area contributed by atoms with Crippen LogP contribution in [0, 0.1) is 26.6 Å². The molecule has 0 bridgehead atoms. The summed E-state index contributed by atoms with van der Waals surface area (Å²) >= 11 is 0. The number of benzene rings is 2. The van der Waals surface area contributed by atoms with Gasteiger partial charge < -0.3 is 15.1 Å². The number of nitrogens with zero attached hydrogens (tertiary/aromatic N) is 4. The first-order valence-corrected chi connectivity index (χ1v) is 9.94. The quantitative estimate of drug-likeness (QED) is 0.704. The zero-order valence-corrected chi connectivity index (χ0v) is 17.1. The summed E-state index contributed by atoms with van der Waals surface area (Å²) in [6.07, 6.45) is 0. The molecule has 1 saturated heterocycles. The molecule has 0 saturated carbocycles. The van der Waals surface area contributed by atoms with Gasteiger partial charge in [-0.2, -0.15) is 4.98 Å². The fourth-order valence-electron chi connectivity index (χ4n) is 3.66. The van der Waals surface area contributed by atoms with E-state index in [9.17, 15) is 4.39 Å². The van der Waals surface area contributed by atoms with E-state index in [0.717, 1.165) is 49.3 Å². The van der Waals surface area contributed by atoms with Crippen molar-refractivity contribution >= 4 is 23.1 Å². The topological polar surface area (TPSA) is 44.3 Å². The highest BCUT2D eigenvalue weighted by molar-refractivity contribution is 5.59. The van der Waals surface area contributed by atoms with Crippen molar-refractivity contribution in [1.82, 2.24) is 9.97 Å². The molecule has 6 heteroatoms. The van der Waals surface area contributed by atoms with Crippen LogP contribution < -0.4 is 15.1 Å². The van der Waals surface area contributed by atoms with Crippen LogP contribution in [-0.4, -0.2) is 36.1 Å². The van der Waals surface area contributed by atoms with E-state index in [0.29, 0.717) is 0 Å². The van der Waals surface area contributed by atoms with Crippen molar-refractivity contribution in [2.75, 3.05) is 41.3 Å². The lowest BCUT2D eigenvalue weighted by molar-refractivity contribution is 0.628. The third kappa shape index (κ3) is 4.31. The molecule has 1 fully saturated rings. The van der Waals surface area contributed by atoms with E-state index in [2.05, 4.69) is 52.1 Å². The molecule has 0 unspecified atom stereocenters. The molecule has 1 aromatic heterocycles. The second-order valence-electron chi connectivity index (χ2n) is 7.52. The van der Waals surface area contributed by atoms with Gasteiger partial charge in [0.15, 0.2) is 0 Å². The lowest BCUT2D eigenvalue weighted by Gasteiger charge is -2.37. The van der Waals surface area contributed by atoms with Gasteiger partial charge in [-0.25, -0.2) is 9.37 Å². The van der Waals surface area contributed by atoms with Crippen LogP contribution in [0.2, 0.25) is 0 Å². The molecule has 0 amide bonds. The van der Waals surface area contributed by atoms with E-state index in [-0.39, 0.29) is 5.82 Å². The molecule has 0 spiro atoms. The zero-order chi connectivity index (χ0) is 20.4. The Bertz CT molecular complexity index is 995. The molecule has 2 aromatic carbocycles.